The minimum absolute atomic E-state index is 0.184. The minimum Gasteiger partial charge on any atom is -0.481 e. The van der Waals surface area contributed by atoms with Crippen molar-refractivity contribution >= 4 is 5.97 Å². The number of aliphatic carboxylic acids is 1. The molecule has 0 amide bonds. The third-order valence-electron chi connectivity index (χ3n) is 3.27. The number of benzene rings is 1. The summed E-state index contributed by atoms with van der Waals surface area (Å²) in [6.45, 7) is 4.86. The lowest BCUT2D eigenvalue weighted by Crippen LogP contribution is -2.43. The fraction of sp³-hybridized carbons (Fsp3) is 0.500. The molecule has 0 bridgehead atoms. The Morgan fingerprint density at radius 3 is 2.83 bits per heavy atom. The molecule has 18 heavy (non-hydrogen) atoms. The van der Waals surface area contributed by atoms with Crippen LogP contribution in [0.25, 0.3) is 0 Å². The van der Waals surface area contributed by atoms with E-state index in [1.54, 1.807) is 0 Å². The Hall–Kier alpha value is -1.39. The topological polar surface area (TPSA) is 49.8 Å². The van der Waals surface area contributed by atoms with Gasteiger partial charge >= 0.3 is 5.97 Å². The number of morpholine rings is 1. The molecular weight excluding hydrogens is 230 g/mol. The third-order valence-corrected chi connectivity index (χ3v) is 3.27. The van der Waals surface area contributed by atoms with Gasteiger partial charge in [-0.3, -0.25) is 9.69 Å². The fourth-order valence-corrected chi connectivity index (χ4v) is 2.33. The molecule has 1 N–H and O–H groups in total. The third kappa shape index (κ3) is 3.31. The van der Waals surface area contributed by atoms with Crippen molar-refractivity contribution in [3.63, 3.8) is 0 Å². The van der Waals surface area contributed by atoms with Crippen LogP contribution in [-0.2, 0) is 9.53 Å². The quantitative estimate of drug-likeness (QED) is 0.880. The van der Waals surface area contributed by atoms with Crippen LogP contribution in [0.1, 0.15) is 18.4 Å². The summed E-state index contributed by atoms with van der Waals surface area (Å²) in [6.07, 6.45) is 0.184. The van der Waals surface area contributed by atoms with E-state index in [2.05, 4.69) is 4.90 Å². The van der Waals surface area contributed by atoms with Crippen LogP contribution in [0.5, 0.6) is 0 Å². The molecule has 1 aromatic rings. The second-order valence-electron chi connectivity index (χ2n) is 4.74. The van der Waals surface area contributed by atoms with E-state index >= 15 is 0 Å². The van der Waals surface area contributed by atoms with E-state index in [4.69, 9.17) is 4.74 Å². The number of hydrogen-bond donors (Lipinski definition) is 1. The van der Waals surface area contributed by atoms with Gasteiger partial charge in [0.2, 0.25) is 0 Å². The average molecular weight is 249 g/mol. The Bertz CT molecular complexity index is 393. The number of carbonyl (C=O) groups is 1. The molecule has 1 aromatic carbocycles. The number of ether oxygens (including phenoxy) is 1. The van der Waals surface area contributed by atoms with Crippen LogP contribution in [0, 0.1) is 0 Å². The lowest BCUT2D eigenvalue weighted by atomic mass is 9.98. The summed E-state index contributed by atoms with van der Waals surface area (Å²) < 4.78 is 5.47. The number of carboxylic acids is 1. The standard InChI is InChI=1S/C14H19NO3/c1-11-9-15(7-8-18-11)10-13(14(16)17)12-5-3-2-4-6-12/h2-6,11,13H,7-10H2,1H3,(H,16,17). The van der Waals surface area contributed by atoms with Gasteiger partial charge < -0.3 is 9.84 Å². The van der Waals surface area contributed by atoms with Crippen LogP contribution in [0.2, 0.25) is 0 Å². The maximum atomic E-state index is 11.4. The number of hydrogen-bond acceptors (Lipinski definition) is 3. The Morgan fingerprint density at radius 2 is 2.22 bits per heavy atom. The summed E-state index contributed by atoms with van der Waals surface area (Å²) in [7, 11) is 0. The molecule has 2 rings (SSSR count). The van der Waals surface area contributed by atoms with E-state index in [1.807, 2.05) is 37.3 Å². The van der Waals surface area contributed by atoms with Crippen LogP contribution >= 0.6 is 0 Å². The maximum absolute atomic E-state index is 11.4. The molecule has 2 atom stereocenters. The smallest absolute Gasteiger partial charge is 0.312 e. The Balaban J connectivity index is 2.05. The van der Waals surface area contributed by atoms with Gasteiger partial charge in [0.1, 0.15) is 0 Å². The zero-order chi connectivity index (χ0) is 13.0. The van der Waals surface area contributed by atoms with Crippen molar-refractivity contribution in [3.8, 4) is 0 Å². The Morgan fingerprint density at radius 1 is 1.50 bits per heavy atom. The summed E-state index contributed by atoms with van der Waals surface area (Å²) in [5.74, 6) is -1.23. The van der Waals surface area contributed by atoms with Crippen molar-refractivity contribution in [2.75, 3.05) is 26.2 Å². The van der Waals surface area contributed by atoms with Gasteiger partial charge in [0.15, 0.2) is 0 Å². The van der Waals surface area contributed by atoms with E-state index < -0.39 is 11.9 Å². The predicted octanol–water partition coefficient (Wildman–Crippen LogP) is 1.58. The zero-order valence-corrected chi connectivity index (χ0v) is 10.6. The summed E-state index contributed by atoms with van der Waals surface area (Å²) in [5, 5.41) is 9.37. The van der Waals surface area contributed by atoms with Crippen LogP contribution in [-0.4, -0.2) is 48.3 Å². The van der Waals surface area contributed by atoms with Gasteiger partial charge in [-0.1, -0.05) is 30.3 Å². The van der Waals surface area contributed by atoms with Crippen LogP contribution in [0.4, 0.5) is 0 Å². The maximum Gasteiger partial charge on any atom is 0.312 e. The molecule has 2 unspecified atom stereocenters. The minimum atomic E-state index is -0.764. The fourth-order valence-electron chi connectivity index (χ4n) is 2.33. The summed E-state index contributed by atoms with van der Waals surface area (Å²) in [5.41, 5.74) is 0.865. The second-order valence-corrected chi connectivity index (χ2v) is 4.74. The molecule has 0 aromatic heterocycles. The van der Waals surface area contributed by atoms with Crippen molar-refractivity contribution in [3.05, 3.63) is 35.9 Å². The van der Waals surface area contributed by atoms with Crippen molar-refractivity contribution in [2.24, 2.45) is 0 Å². The molecule has 1 fully saturated rings. The van der Waals surface area contributed by atoms with Crippen molar-refractivity contribution < 1.29 is 14.6 Å². The molecule has 1 saturated heterocycles. The molecule has 0 spiro atoms. The van der Waals surface area contributed by atoms with E-state index in [-0.39, 0.29) is 6.10 Å². The van der Waals surface area contributed by atoms with Crippen molar-refractivity contribution in [1.82, 2.24) is 4.90 Å². The van der Waals surface area contributed by atoms with Gasteiger partial charge in [0, 0.05) is 19.6 Å². The van der Waals surface area contributed by atoms with Gasteiger partial charge in [0.25, 0.3) is 0 Å². The van der Waals surface area contributed by atoms with Crippen LogP contribution < -0.4 is 0 Å². The van der Waals surface area contributed by atoms with E-state index in [1.165, 1.54) is 0 Å². The first-order valence-corrected chi connectivity index (χ1v) is 6.28. The molecule has 4 heteroatoms. The van der Waals surface area contributed by atoms with Crippen molar-refractivity contribution in [2.45, 2.75) is 18.9 Å². The number of nitrogens with zero attached hydrogens (tertiary/aromatic N) is 1. The normalized spacial score (nSPS) is 22.6. The highest BCUT2D eigenvalue weighted by Gasteiger charge is 2.25. The lowest BCUT2D eigenvalue weighted by Gasteiger charge is -2.32. The molecule has 4 nitrogen and oxygen atoms in total. The monoisotopic (exact) mass is 249 g/mol. The van der Waals surface area contributed by atoms with E-state index in [0.29, 0.717) is 13.2 Å². The molecule has 0 saturated carbocycles. The first-order chi connectivity index (χ1) is 8.66. The van der Waals surface area contributed by atoms with Crippen molar-refractivity contribution in [1.29, 1.82) is 0 Å². The summed E-state index contributed by atoms with van der Waals surface area (Å²) in [4.78, 5) is 13.6. The summed E-state index contributed by atoms with van der Waals surface area (Å²) in [6, 6.07) is 9.42. The van der Waals surface area contributed by atoms with Crippen LogP contribution in [0.3, 0.4) is 0 Å². The first-order valence-electron chi connectivity index (χ1n) is 6.28. The second kappa shape index (κ2) is 5.98. The van der Waals surface area contributed by atoms with Gasteiger partial charge in [-0.15, -0.1) is 0 Å². The molecular formula is C14H19NO3. The molecule has 0 radical (unpaired) electrons. The van der Waals surface area contributed by atoms with Crippen LogP contribution in [0.15, 0.2) is 30.3 Å². The molecule has 1 aliphatic heterocycles. The zero-order valence-electron chi connectivity index (χ0n) is 10.6. The SMILES string of the molecule is CC1CN(CC(C(=O)O)c2ccccc2)CCO1. The van der Waals surface area contributed by atoms with Gasteiger partial charge in [0.05, 0.1) is 18.6 Å². The number of rotatable bonds is 4. The average Bonchev–Trinajstić information content (AvgIpc) is 2.37. The highest BCUT2D eigenvalue weighted by molar-refractivity contribution is 5.76. The highest BCUT2D eigenvalue weighted by atomic mass is 16.5. The van der Waals surface area contributed by atoms with E-state index in [9.17, 15) is 9.90 Å². The largest absolute Gasteiger partial charge is 0.481 e. The highest BCUT2D eigenvalue weighted by Crippen LogP contribution is 2.18. The first kappa shape index (κ1) is 13.1. The number of carboxylic acid groups (broad SMARTS) is 1. The summed E-state index contributed by atoms with van der Waals surface area (Å²) >= 11 is 0. The molecule has 0 aliphatic carbocycles. The Kier molecular flexibility index (Phi) is 4.33. The lowest BCUT2D eigenvalue weighted by molar-refractivity contribution is -0.139. The van der Waals surface area contributed by atoms with Gasteiger partial charge in [-0.25, -0.2) is 0 Å². The predicted molar refractivity (Wildman–Crippen MR) is 68.7 cm³/mol. The Labute approximate surface area is 107 Å². The molecule has 1 aliphatic rings. The van der Waals surface area contributed by atoms with Gasteiger partial charge in [-0.2, -0.15) is 0 Å². The molecule has 98 valence electrons. The molecule has 1 heterocycles. The van der Waals surface area contributed by atoms with Gasteiger partial charge in [-0.05, 0) is 12.5 Å². The van der Waals surface area contributed by atoms with E-state index in [0.717, 1.165) is 18.7 Å².